The summed E-state index contributed by atoms with van der Waals surface area (Å²) in [4.78, 5) is 24.4. The quantitative estimate of drug-likeness (QED) is 0.654. The van der Waals surface area contributed by atoms with Crippen molar-refractivity contribution in [3.05, 3.63) is 58.3 Å². The number of aryl methyl sites for hydroxylation is 1. The third-order valence-corrected chi connectivity index (χ3v) is 4.26. The molecule has 0 aliphatic heterocycles. The highest BCUT2D eigenvalue weighted by atomic mass is 19.1. The number of hydrazone groups is 1. The summed E-state index contributed by atoms with van der Waals surface area (Å²) < 4.78 is 24.7. The number of amides is 1. The molecule has 1 N–H and O–H groups in total. The van der Waals surface area contributed by atoms with Crippen molar-refractivity contribution in [3.63, 3.8) is 0 Å². The zero-order valence-electron chi connectivity index (χ0n) is 15.5. The van der Waals surface area contributed by atoms with E-state index in [1.54, 1.807) is 26.8 Å². The number of ether oxygens (including phenoxy) is 1. The first kappa shape index (κ1) is 18.8. The van der Waals surface area contributed by atoms with Gasteiger partial charge in [-0.1, -0.05) is 12.1 Å². The van der Waals surface area contributed by atoms with Crippen molar-refractivity contribution in [2.24, 2.45) is 5.10 Å². The topological polar surface area (TPSA) is 80.9 Å². The van der Waals surface area contributed by atoms with E-state index >= 15 is 0 Å². The molecule has 1 aliphatic rings. The van der Waals surface area contributed by atoms with Crippen LogP contribution >= 0.6 is 0 Å². The van der Waals surface area contributed by atoms with Crippen LogP contribution in [0.25, 0.3) is 0 Å². The van der Waals surface area contributed by atoms with E-state index in [1.807, 2.05) is 0 Å². The Balaban J connectivity index is 1.87. The van der Waals surface area contributed by atoms with E-state index in [2.05, 4.69) is 10.5 Å². The van der Waals surface area contributed by atoms with Gasteiger partial charge in [0, 0.05) is 17.5 Å². The summed E-state index contributed by atoms with van der Waals surface area (Å²) in [6.07, 6.45) is 1.80. The van der Waals surface area contributed by atoms with Crippen LogP contribution in [-0.2, 0) is 11.2 Å². The van der Waals surface area contributed by atoms with Gasteiger partial charge in [-0.3, -0.25) is 4.79 Å². The Kier molecular flexibility index (Phi) is 5.39. The third kappa shape index (κ3) is 3.92. The molecule has 2 aromatic rings. The van der Waals surface area contributed by atoms with Crippen LogP contribution in [0.15, 0.2) is 33.8 Å². The maximum Gasteiger partial charge on any atom is 0.374 e. The number of hydrogen-bond donors (Lipinski definition) is 1. The summed E-state index contributed by atoms with van der Waals surface area (Å²) in [5, 5.41) is 4.17. The molecule has 1 amide bonds. The molecule has 0 saturated heterocycles. The lowest BCUT2D eigenvalue weighted by Gasteiger charge is -2.13. The maximum absolute atomic E-state index is 13.7. The van der Waals surface area contributed by atoms with Crippen molar-refractivity contribution in [3.8, 4) is 0 Å². The lowest BCUT2D eigenvalue weighted by atomic mass is 9.93. The number of benzene rings is 1. The van der Waals surface area contributed by atoms with Crippen LogP contribution < -0.4 is 5.43 Å². The first-order chi connectivity index (χ1) is 12.9. The van der Waals surface area contributed by atoms with E-state index in [-0.39, 0.29) is 17.4 Å². The van der Waals surface area contributed by atoms with Crippen molar-refractivity contribution >= 4 is 17.6 Å². The molecule has 0 radical (unpaired) electrons. The summed E-state index contributed by atoms with van der Waals surface area (Å²) in [5.41, 5.74) is 4.27. The molecule has 142 valence electrons. The minimum absolute atomic E-state index is 0.0806. The molecular weight excluding hydrogens is 351 g/mol. The molecule has 1 heterocycles. The van der Waals surface area contributed by atoms with Gasteiger partial charge in [-0.15, -0.1) is 0 Å². The first-order valence-electron chi connectivity index (χ1n) is 8.83. The Morgan fingerprint density at radius 2 is 2.00 bits per heavy atom. The van der Waals surface area contributed by atoms with Crippen LogP contribution in [0.2, 0.25) is 0 Å². The van der Waals surface area contributed by atoms with E-state index in [0.29, 0.717) is 35.4 Å². The van der Waals surface area contributed by atoms with Gasteiger partial charge in [0.05, 0.1) is 17.4 Å². The second-order valence-electron chi connectivity index (χ2n) is 6.64. The molecule has 0 bridgehead atoms. The largest absolute Gasteiger partial charge is 0.457 e. The number of rotatable bonds is 4. The zero-order chi connectivity index (χ0) is 19.6. The fraction of sp³-hybridized carbons (Fsp3) is 0.350. The molecule has 27 heavy (non-hydrogen) atoms. The number of fused-ring (bicyclic) bond motifs is 1. The van der Waals surface area contributed by atoms with Gasteiger partial charge < -0.3 is 9.15 Å². The Labute approximate surface area is 156 Å². The number of esters is 1. The lowest BCUT2D eigenvalue weighted by Crippen LogP contribution is -2.23. The van der Waals surface area contributed by atoms with Crippen molar-refractivity contribution < 1.29 is 23.1 Å². The zero-order valence-corrected chi connectivity index (χ0v) is 15.5. The standard InChI is InChI=1S/C20H21FN2O4/c1-11(2)26-20(25)18-12(3)17-15(9-6-10-16(17)27-18)22-23-19(24)13-7-4-5-8-14(13)21/h4-5,7-8,11H,6,9-10H2,1-3H3,(H,23,24)/b22-15+. The van der Waals surface area contributed by atoms with E-state index < -0.39 is 17.7 Å². The molecule has 0 saturated carbocycles. The van der Waals surface area contributed by atoms with Crippen LogP contribution in [0, 0.1) is 12.7 Å². The predicted molar refractivity (Wildman–Crippen MR) is 97.3 cm³/mol. The van der Waals surface area contributed by atoms with E-state index in [1.165, 1.54) is 18.2 Å². The number of halogens is 1. The minimum atomic E-state index is -0.631. The average molecular weight is 372 g/mol. The Morgan fingerprint density at radius 3 is 2.70 bits per heavy atom. The number of nitrogens with zero attached hydrogens (tertiary/aromatic N) is 1. The Bertz CT molecular complexity index is 915. The predicted octanol–water partition coefficient (Wildman–Crippen LogP) is 3.76. The van der Waals surface area contributed by atoms with Crippen molar-refractivity contribution in [1.29, 1.82) is 0 Å². The summed E-state index contributed by atoms with van der Waals surface area (Å²) >= 11 is 0. The summed E-state index contributed by atoms with van der Waals surface area (Å²) in [6, 6.07) is 5.70. The van der Waals surface area contributed by atoms with E-state index in [0.717, 1.165) is 6.42 Å². The lowest BCUT2D eigenvalue weighted by molar-refractivity contribution is 0.0338. The minimum Gasteiger partial charge on any atom is -0.457 e. The highest BCUT2D eigenvalue weighted by Gasteiger charge is 2.29. The van der Waals surface area contributed by atoms with Gasteiger partial charge >= 0.3 is 5.97 Å². The van der Waals surface area contributed by atoms with Crippen LogP contribution in [0.4, 0.5) is 4.39 Å². The smallest absolute Gasteiger partial charge is 0.374 e. The second-order valence-corrected chi connectivity index (χ2v) is 6.64. The monoisotopic (exact) mass is 372 g/mol. The van der Waals surface area contributed by atoms with Gasteiger partial charge in [-0.05, 0) is 45.7 Å². The molecule has 3 rings (SSSR count). The molecule has 1 aromatic carbocycles. The Morgan fingerprint density at radius 1 is 1.26 bits per heavy atom. The summed E-state index contributed by atoms with van der Waals surface area (Å²) in [6.45, 7) is 5.29. The highest BCUT2D eigenvalue weighted by molar-refractivity contribution is 6.06. The summed E-state index contributed by atoms with van der Waals surface area (Å²) in [7, 11) is 0. The van der Waals surface area contributed by atoms with Crippen LogP contribution in [-0.4, -0.2) is 23.7 Å². The van der Waals surface area contributed by atoms with Gasteiger partial charge in [-0.25, -0.2) is 14.6 Å². The van der Waals surface area contributed by atoms with Gasteiger partial charge in [-0.2, -0.15) is 5.10 Å². The van der Waals surface area contributed by atoms with Crippen LogP contribution in [0.1, 0.15) is 64.5 Å². The third-order valence-electron chi connectivity index (χ3n) is 4.26. The molecule has 0 atom stereocenters. The molecule has 1 aliphatic carbocycles. The fourth-order valence-corrected chi connectivity index (χ4v) is 3.07. The highest BCUT2D eigenvalue weighted by Crippen LogP contribution is 2.30. The summed E-state index contributed by atoms with van der Waals surface area (Å²) in [5.74, 6) is -0.963. The van der Waals surface area contributed by atoms with E-state index in [4.69, 9.17) is 9.15 Å². The van der Waals surface area contributed by atoms with Crippen LogP contribution in [0.5, 0.6) is 0 Å². The van der Waals surface area contributed by atoms with Gasteiger partial charge in [0.2, 0.25) is 5.76 Å². The maximum atomic E-state index is 13.7. The van der Waals surface area contributed by atoms with Crippen molar-refractivity contribution in [2.45, 2.75) is 46.1 Å². The first-order valence-corrected chi connectivity index (χ1v) is 8.83. The number of carbonyl (C=O) groups is 2. The second kappa shape index (κ2) is 7.73. The molecule has 6 nitrogen and oxygen atoms in total. The van der Waals surface area contributed by atoms with Gasteiger partial charge in [0.1, 0.15) is 11.6 Å². The average Bonchev–Trinajstić information content (AvgIpc) is 2.97. The molecule has 0 fully saturated rings. The van der Waals surface area contributed by atoms with Crippen molar-refractivity contribution in [1.82, 2.24) is 5.43 Å². The van der Waals surface area contributed by atoms with Gasteiger partial charge in [0.15, 0.2) is 0 Å². The van der Waals surface area contributed by atoms with Gasteiger partial charge in [0.25, 0.3) is 5.91 Å². The number of nitrogens with one attached hydrogen (secondary N) is 1. The van der Waals surface area contributed by atoms with Crippen molar-refractivity contribution in [2.75, 3.05) is 0 Å². The molecule has 0 unspecified atom stereocenters. The number of carbonyl (C=O) groups excluding carboxylic acids is 2. The van der Waals surface area contributed by atoms with Crippen LogP contribution in [0.3, 0.4) is 0 Å². The normalized spacial score (nSPS) is 14.9. The number of furan rings is 1. The molecular formula is C20H21FN2O4. The molecule has 7 heteroatoms. The molecule has 1 aromatic heterocycles. The Hall–Kier alpha value is -2.96. The SMILES string of the molecule is Cc1c(C(=O)OC(C)C)oc2c1/C(=N/NC(=O)c1ccccc1F)CCC2. The fourth-order valence-electron chi connectivity index (χ4n) is 3.07. The molecule has 0 spiro atoms. The number of hydrogen-bond acceptors (Lipinski definition) is 5. The van der Waals surface area contributed by atoms with E-state index in [9.17, 15) is 14.0 Å².